The van der Waals surface area contributed by atoms with Gasteiger partial charge < -0.3 is 4.90 Å². The second-order valence-electron chi connectivity index (χ2n) is 4.34. The average Bonchev–Trinajstić information content (AvgIpc) is 2.48. The molecule has 102 valence electrons. The monoisotopic (exact) mass is 295 g/mol. The molecule has 1 aliphatic heterocycles. The van der Waals surface area contributed by atoms with Crippen molar-refractivity contribution in [1.29, 1.82) is 0 Å². The van der Waals surface area contributed by atoms with Crippen LogP contribution in [0.4, 0.5) is 22.7 Å². The Hall–Kier alpha value is -2.79. The molecule has 0 amide bonds. The molecule has 1 aliphatic rings. The molecule has 0 fully saturated rings. The fourth-order valence-corrected chi connectivity index (χ4v) is 3.41. The first-order valence-electron chi connectivity index (χ1n) is 6.03. The fourth-order valence-electron chi connectivity index (χ4n) is 2.20. The molecule has 0 saturated heterocycles. The molecule has 1 heterocycles. The van der Waals surface area contributed by atoms with Crippen LogP contribution in [0.1, 0.15) is 0 Å². The molecule has 2 aromatic carbocycles. The third kappa shape index (κ3) is 2.34. The summed E-state index contributed by atoms with van der Waals surface area (Å²) >= 11 is 1.56. The van der Waals surface area contributed by atoms with E-state index in [4.69, 9.17) is 11.1 Å². The molecule has 0 radical (unpaired) electrons. The number of benzene rings is 2. The Balaban J connectivity index is 2.10. The van der Waals surface area contributed by atoms with Crippen LogP contribution in [-0.2, 0) is 0 Å². The number of hydrogen-bond acceptors (Lipinski definition) is 4. The first-order chi connectivity index (χ1) is 10.2. The van der Waals surface area contributed by atoms with Gasteiger partial charge in [-0.3, -0.25) is 0 Å². The Morgan fingerprint density at radius 1 is 0.905 bits per heavy atom. The third-order valence-electron chi connectivity index (χ3n) is 3.15. The Kier molecular flexibility index (Phi) is 3.33. The smallest absolute Gasteiger partial charge is 0.0550 e. The predicted molar refractivity (Wildman–Crippen MR) is 82.7 cm³/mol. The topological polar surface area (TPSA) is 101 Å². The van der Waals surface area contributed by atoms with Crippen LogP contribution >= 0.6 is 11.8 Å². The van der Waals surface area contributed by atoms with Crippen molar-refractivity contribution in [3.63, 3.8) is 0 Å². The van der Waals surface area contributed by atoms with Crippen molar-refractivity contribution in [2.75, 3.05) is 11.9 Å². The molecule has 0 bridgehead atoms. The van der Waals surface area contributed by atoms with Gasteiger partial charge in [0.1, 0.15) is 0 Å². The maximum absolute atomic E-state index is 8.52. The van der Waals surface area contributed by atoms with E-state index in [-0.39, 0.29) is 0 Å². The van der Waals surface area contributed by atoms with Gasteiger partial charge in [-0.1, -0.05) is 34.1 Å². The van der Waals surface area contributed by atoms with Crippen molar-refractivity contribution in [3.8, 4) is 0 Å². The molecular weight excluding hydrogens is 286 g/mol. The molecule has 0 atom stereocenters. The van der Waals surface area contributed by atoms with Crippen molar-refractivity contribution in [2.45, 2.75) is 9.79 Å². The Labute approximate surface area is 124 Å². The molecule has 7 nitrogen and oxygen atoms in total. The molecule has 0 N–H and O–H groups in total. The van der Waals surface area contributed by atoms with E-state index < -0.39 is 0 Å². The Morgan fingerprint density at radius 3 is 1.81 bits per heavy atom. The lowest BCUT2D eigenvalue weighted by atomic mass is 10.2. The van der Waals surface area contributed by atoms with Gasteiger partial charge in [-0.15, -0.1) is 0 Å². The highest BCUT2D eigenvalue weighted by molar-refractivity contribution is 7.99. The molecule has 21 heavy (non-hydrogen) atoms. The lowest BCUT2D eigenvalue weighted by molar-refractivity contribution is 1.11. The highest BCUT2D eigenvalue weighted by Crippen LogP contribution is 2.49. The predicted octanol–water partition coefficient (Wildman–Crippen LogP) is 5.80. The highest BCUT2D eigenvalue weighted by atomic mass is 32.2. The van der Waals surface area contributed by atoms with Crippen molar-refractivity contribution in [2.24, 2.45) is 10.2 Å². The van der Waals surface area contributed by atoms with E-state index in [0.717, 1.165) is 21.2 Å². The van der Waals surface area contributed by atoms with E-state index in [1.54, 1.807) is 23.9 Å². The van der Waals surface area contributed by atoms with Gasteiger partial charge in [0.05, 0.1) is 11.4 Å². The Morgan fingerprint density at radius 2 is 1.38 bits per heavy atom. The SMILES string of the molecule is CN1c2ccc(N=[N+]=[N-])cc2Sc2cc(N=[N+]=[N-])ccc21. The molecule has 3 rings (SSSR count). The van der Waals surface area contributed by atoms with Crippen LogP contribution in [0, 0.1) is 0 Å². The summed E-state index contributed by atoms with van der Waals surface area (Å²) < 4.78 is 0. The number of nitrogens with zero attached hydrogens (tertiary/aromatic N) is 7. The summed E-state index contributed by atoms with van der Waals surface area (Å²) in [6.07, 6.45) is 0. The van der Waals surface area contributed by atoms with Crippen molar-refractivity contribution < 1.29 is 0 Å². The van der Waals surface area contributed by atoms with Gasteiger partial charge in [0.2, 0.25) is 0 Å². The number of azide groups is 2. The van der Waals surface area contributed by atoms with E-state index in [1.165, 1.54) is 0 Å². The summed E-state index contributed by atoms with van der Waals surface area (Å²) in [6.45, 7) is 0. The van der Waals surface area contributed by atoms with Gasteiger partial charge in [0.25, 0.3) is 0 Å². The highest BCUT2D eigenvalue weighted by Gasteiger charge is 2.20. The normalized spacial score (nSPS) is 11.8. The van der Waals surface area contributed by atoms with Gasteiger partial charge >= 0.3 is 0 Å². The largest absolute Gasteiger partial charge is 0.343 e. The number of rotatable bonds is 2. The minimum Gasteiger partial charge on any atom is -0.343 e. The van der Waals surface area contributed by atoms with Gasteiger partial charge in [-0.25, -0.2) is 0 Å². The number of fused-ring (bicyclic) bond motifs is 2. The van der Waals surface area contributed by atoms with E-state index in [1.807, 2.05) is 31.3 Å². The molecular formula is C13H9N7S. The average molecular weight is 295 g/mol. The summed E-state index contributed by atoms with van der Waals surface area (Å²) in [5.41, 5.74) is 20.3. The lowest BCUT2D eigenvalue weighted by Gasteiger charge is -2.29. The quantitative estimate of drug-likeness (QED) is 0.397. The van der Waals surface area contributed by atoms with Gasteiger partial charge in [-0.05, 0) is 35.3 Å². The van der Waals surface area contributed by atoms with Crippen molar-refractivity contribution >= 4 is 34.5 Å². The molecule has 2 aromatic rings. The maximum atomic E-state index is 8.52. The molecule has 8 heteroatoms. The summed E-state index contributed by atoms with van der Waals surface area (Å²) in [7, 11) is 1.97. The van der Waals surface area contributed by atoms with E-state index in [2.05, 4.69) is 25.0 Å². The molecule has 0 aromatic heterocycles. The maximum Gasteiger partial charge on any atom is 0.0550 e. The zero-order valence-electron chi connectivity index (χ0n) is 11.0. The van der Waals surface area contributed by atoms with Crippen molar-refractivity contribution in [1.82, 2.24) is 0 Å². The number of anilines is 2. The van der Waals surface area contributed by atoms with Gasteiger partial charge in [0.15, 0.2) is 0 Å². The minimum atomic E-state index is 0.576. The van der Waals surface area contributed by atoms with E-state index in [0.29, 0.717) is 11.4 Å². The summed E-state index contributed by atoms with van der Waals surface area (Å²) in [6, 6.07) is 11.1. The van der Waals surface area contributed by atoms with Crippen LogP contribution in [0.15, 0.2) is 56.4 Å². The standard InChI is InChI=1S/C13H9N7S/c1-20-10-4-2-8(16-18-14)6-12(10)21-13-7-9(17-19-15)3-5-11(13)20/h2-7H,1H3. The molecule has 0 spiro atoms. The zero-order valence-corrected chi connectivity index (χ0v) is 11.8. The van der Waals surface area contributed by atoms with E-state index in [9.17, 15) is 0 Å². The van der Waals surface area contributed by atoms with E-state index >= 15 is 0 Å². The Bertz CT molecular complexity index is 752. The van der Waals surface area contributed by atoms with Crippen LogP contribution in [-0.4, -0.2) is 7.05 Å². The summed E-state index contributed by atoms with van der Waals surface area (Å²) in [4.78, 5) is 9.65. The summed E-state index contributed by atoms with van der Waals surface area (Å²) in [5.74, 6) is 0. The fraction of sp³-hybridized carbons (Fsp3) is 0.0769. The minimum absolute atomic E-state index is 0.576. The van der Waals surface area contributed by atoms with Crippen LogP contribution in [0.5, 0.6) is 0 Å². The third-order valence-corrected chi connectivity index (χ3v) is 4.24. The van der Waals surface area contributed by atoms with Crippen LogP contribution in [0.3, 0.4) is 0 Å². The molecule has 0 aliphatic carbocycles. The molecule has 0 unspecified atom stereocenters. The lowest BCUT2D eigenvalue weighted by Crippen LogP contribution is -2.14. The second-order valence-corrected chi connectivity index (χ2v) is 5.43. The summed E-state index contributed by atoms with van der Waals surface area (Å²) in [5, 5.41) is 7.25. The zero-order chi connectivity index (χ0) is 14.8. The first-order valence-corrected chi connectivity index (χ1v) is 6.84. The van der Waals surface area contributed by atoms with Crippen LogP contribution < -0.4 is 4.90 Å². The van der Waals surface area contributed by atoms with Crippen LogP contribution in [0.25, 0.3) is 20.9 Å². The van der Waals surface area contributed by atoms with Gasteiger partial charge in [-0.2, -0.15) is 0 Å². The van der Waals surface area contributed by atoms with Gasteiger partial charge in [0, 0.05) is 38.0 Å². The second kappa shape index (κ2) is 5.30. The van der Waals surface area contributed by atoms with Crippen LogP contribution in [0.2, 0.25) is 0 Å². The van der Waals surface area contributed by atoms with Crippen molar-refractivity contribution in [3.05, 3.63) is 57.3 Å². The first kappa shape index (κ1) is 13.2. The molecule has 0 saturated carbocycles. The number of hydrogen-bond donors (Lipinski definition) is 0.